The molecule has 0 radical (unpaired) electrons. The van der Waals surface area contributed by atoms with Gasteiger partial charge in [0.1, 0.15) is 0 Å². The first-order valence-electron chi connectivity index (χ1n) is 2.66. The third kappa shape index (κ3) is 4.76. The highest BCUT2D eigenvalue weighted by atomic mass is 16.6. The van der Waals surface area contributed by atoms with E-state index in [1.165, 1.54) is 6.08 Å². The van der Waals surface area contributed by atoms with Gasteiger partial charge in [-0.15, -0.1) is 6.58 Å². The summed E-state index contributed by atoms with van der Waals surface area (Å²) < 4.78 is 0. The fourth-order valence-electron chi connectivity index (χ4n) is 0.359. The van der Waals surface area contributed by atoms with Crippen molar-refractivity contribution in [3.63, 3.8) is 0 Å². The molecular weight excluding hydrogens is 136 g/mol. The molecule has 0 fully saturated rings. The van der Waals surface area contributed by atoms with Gasteiger partial charge in [-0.3, -0.25) is 14.9 Å². The van der Waals surface area contributed by atoms with Gasteiger partial charge in [0.2, 0.25) is 0 Å². The maximum absolute atomic E-state index is 10.4. The van der Waals surface area contributed by atoms with Crippen LogP contribution in [0.5, 0.6) is 0 Å². The molecule has 5 heteroatoms. The molecule has 0 aliphatic carbocycles. The lowest BCUT2D eigenvalue weighted by Gasteiger charge is -1.94. The van der Waals surface area contributed by atoms with Crippen molar-refractivity contribution >= 4 is 5.91 Å². The van der Waals surface area contributed by atoms with Crippen molar-refractivity contribution in [3.8, 4) is 0 Å². The number of nitrogens with one attached hydrogen (secondary N) is 1. The van der Waals surface area contributed by atoms with Crippen LogP contribution >= 0.6 is 0 Å². The fourth-order valence-corrected chi connectivity index (χ4v) is 0.359. The highest BCUT2D eigenvalue weighted by Crippen LogP contribution is 1.69. The van der Waals surface area contributed by atoms with Crippen LogP contribution in [0.15, 0.2) is 12.7 Å². The Morgan fingerprint density at radius 3 is 2.80 bits per heavy atom. The number of amides is 1. The van der Waals surface area contributed by atoms with Gasteiger partial charge in [-0.2, -0.15) is 0 Å². The molecule has 0 aliphatic heterocycles. The highest BCUT2D eigenvalue weighted by Gasteiger charge is 2.05. The average Bonchev–Trinajstić information content (AvgIpc) is 1.82. The molecule has 0 unspecified atom stereocenters. The molecule has 56 valence electrons. The quantitative estimate of drug-likeness (QED) is 0.330. The maximum atomic E-state index is 10.4. The molecule has 0 saturated carbocycles. The lowest BCUT2D eigenvalue weighted by Crippen LogP contribution is -2.29. The summed E-state index contributed by atoms with van der Waals surface area (Å²) in [6.45, 7) is 2.92. The smallest absolute Gasteiger partial charge is 0.292 e. The summed E-state index contributed by atoms with van der Waals surface area (Å²) in [4.78, 5) is 19.4. The minimum absolute atomic E-state index is 0.271. The molecule has 0 aromatic heterocycles. The van der Waals surface area contributed by atoms with Crippen LogP contribution in [0, 0.1) is 10.1 Å². The van der Waals surface area contributed by atoms with Gasteiger partial charge < -0.3 is 5.32 Å². The zero-order chi connectivity index (χ0) is 7.98. The molecule has 10 heavy (non-hydrogen) atoms. The molecule has 1 N–H and O–H groups in total. The summed E-state index contributed by atoms with van der Waals surface area (Å²) in [7, 11) is 0. The largest absolute Gasteiger partial charge is 0.347 e. The van der Waals surface area contributed by atoms with E-state index in [1.807, 2.05) is 0 Å². The zero-order valence-electron chi connectivity index (χ0n) is 5.37. The Bertz CT molecular complexity index is 155. The van der Waals surface area contributed by atoms with Gasteiger partial charge >= 0.3 is 0 Å². The summed E-state index contributed by atoms with van der Waals surface area (Å²) in [5, 5.41) is 12.0. The number of carbonyl (C=O) groups is 1. The molecule has 5 nitrogen and oxygen atoms in total. The molecule has 0 atom stereocenters. The van der Waals surface area contributed by atoms with Crippen LogP contribution < -0.4 is 5.32 Å². The lowest BCUT2D eigenvalue weighted by molar-refractivity contribution is -0.467. The van der Waals surface area contributed by atoms with Gasteiger partial charge in [0, 0.05) is 11.5 Å². The van der Waals surface area contributed by atoms with Gasteiger partial charge in [-0.05, 0) is 0 Å². The molecule has 0 saturated heterocycles. The minimum atomic E-state index is -0.682. The Morgan fingerprint density at radius 2 is 2.40 bits per heavy atom. The molecule has 0 heterocycles. The van der Waals surface area contributed by atoms with Crippen LogP contribution in [0.4, 0.5) is 0 Å². The summed E-state index contributed by atoms with van der Waals surface area (Å²) in [6, 6.07) is 0. The topological polar surface area (TPSA) is 72.2 Å². The van der Waals surface area contributed by atoms with Gasteiger partial charge in [-0.25, -0.2) is 0 Å². The van der Waals surface area contributed by atoms with Crippen LogP contribution in [0.3, 0.4) is 0 Å². The molecule has 0 bridgehead atoms. The third-order valence-electron chi connectivity index (χ3n) is 0.716. The van der Waals surface area contributed by atoms with Crippen LogP contribution in [0.2, 0.25) is 0 Å². The van der Waals surface area contributed by atoms with Crippen molar-refractivity contribution in [3.05, 3.63) is 22.8 Å². The van der Waals surface area contributed by atoms with Crippen LogP contribution in [0.25, 0.3) is 0 Å². The van der Waals surface area contributed by atoms with E-state index >= 15 is 0 Å². The monoisotopic (exact) mass is 144 g/mol. The summed E-state index contributed by atoms with van der Waals surface area (Å²) >= 11 is 0. The Kier molecular flexibility index (Phi) is 3.86. The zero-order valence-corrected chi connectivity index (χ0v) is 5.37. The SMILES string of the molecule is C=CCNC(=O)C[N+](=O)[O-]. The number of carbonyl (C=O) groups excluding carboxylic acids is 1. The van der Waals surface area contributed by atoms with Crippen LogP contribution in [-0.4, -0.2) is 23.9 Å². The van der Waals surface area contributed by atoms with Gasteiger partial charge in [0.15, 0.2) is 0 Å². The van der Waals surface area contributed by atoms with Crippen molar-refractivity contribution in [1.29, 1.82) is 0 Å². The minimum Gasteiger partial charge on any atom is -0.347 e. The van der Waals surface area contributed by atoms with E-state index in [0.29, 0.717) is 0 Å². The summed E-state index contributed by atoms with van der Waals surface area (Å²) in [6.07, 6.45) is 1.46. The van der Waals surface area contributed by atoms with Crippen molar-refractivity contribution in [1.82, 2.24) is 5.32 Å². The normalized spacial score (nSPS) is 8.40. The van der Waals surface area contributed by atoms with Gasteiger partial charge in [0.05, 0.1) is 0 Å². The van der Waals surface area contributed by atoms with E-state index in [1.54, 1.807) is 0 Å². The van der Waals surface area contributed by atoms with Crippen LogP contribution in [0.1, 0.15) is 0 Å². The molecule has 0 rings (SSSR count). The van der Waals surface area contributed by atoms with E-state index < -0.39 is 17.4 Å². The molecule has 0 aromatic rings. The number of hydrogen-bond donors (Lipinski definition) is 1. The first-order chi connectivity index (χ1) is 4.66. The standard InChI is InChI=1S/C5H8N2O3/c1-2-3-6-5(8)4-7(9)10/h2H,1,3-4H2,(H,6,8). The predicted octanol–water partition coefficient (Wildman–Crippen LogP) is -0.435. The summed E-state index contributed by atoms with van der Waals surface area (Å²) in [5.41, 5.74) is 0. The first kappa shape index (κ1) is 8.61. The molecular formula is C5H8N2O3. The van der Waals surface area contributed by atoms with Crippen molar-refractivity contribution in [2.75, 3.05) is 13.1 Å². The molecule has 0 spiro atoms. The van der Waals surface area contributed by atoms with Gasteiger partial charge in [0.25, 0.3) is 12.5 Å². The number of hydrogen-bond acceptors (Lipinski definition) is 3. The van der Waals surface area contributed by atoms with Crippen LogP contribution in [-0.2, 0) is 4.79 Å². The molecule has 1 amide bonds. The predicted molar refractivity (Wildman–Crippen MR) is 35.1 cm³/mol. The van der Waals surface area contributed by atoms with E-state index in [0.717, 1.165) is 0 Å². The lowest BCUT2D eigenvalue weighted by atomic mass is 10.5. The van der Waals surface area contributed by atoms with E-state index in [-0.39, 0.29) is 6.54 Å². The first-order valence-corrected chi connectivity index (χ1v) is 2.66. The number of nitro groups is 1. The van der Waals surface area contributed by atoms with Crippen molar-refractivity contribution in [2.45, 2.75) is 0 Å². The Labute approximate surface area is 57.9 Å². The van der Waals surface area contributed by atoms with E-state index in [2.05, 4.69) is 11.9 Å². The second-order valence-corrected chi connectivity index (χ2v) is 1.58. The van der Waals surface area contributed by atoms with Crippen molar-refractivity contribution < 1.29 is 9.72 Å². The second kappa shape index (κ2) is 4.49. The third-order valence-corrected chi connectivity index (χ3v) is 0.716. The Balaban J connectivity index is 3.43. The van der Waals surface area contributed by atoms with Gasteiger partial charge in [-0.1, -0.05) is 6.08 Å². The average molecular weight is 144 g/mol. The molecule has 0 aromatic carbocycles. The Hall–Kier alpha value is -1.39. The van der Waals surface area contributed by atoms with E-state index in [9.17, 15) is 14.9 Å². The highest BCUT2D eigenvalue weighted by molar-refractivity contribution is 5.76. The molecule has 0 aliphatic rings. The number of rotatable bonds is 4. The number of nitrogens with zero attached hydrogens (tertiary/aromatic N) is 1. The Morgan fingerprint density at radius 1 is 1.80 bits per heavy atom. The second-order valence-electron chi connectivity index (χ2n) is 1.58. The summed E-state index contributed by atoms with van der Waals surface area (Å²) in [5.74, 6) is -0.593. The fraction of sp³-hybridized carbons (Fsp3) is 0.400. The van der Waals surface area contributed by atoms with Crippen molar-refractivity contribution in [2.24, 2.45) is 0 Å². The maximum Gasteiger partial charge on any atom is 0.292 e. The van der Waals surface area contributed by atoms with E-state index in [4.69, 9.17) is 0 Å².